The van der Waals surface area contributed by atoms with Gasteiger partial charge in [0.1, 0.15) is 5.75 Å². The van der Waals surface area contributed by atoms with Gasteiger partial charge >= 0.3 is 5.97 Å². The maximum Gasteiger partial charge on any atom is 0.356 e. The molecule has 0 saturated carbocycles. The van der Waals surface area contributed by atoms with Crippen LogP contribution in [0.4, 0.5) is 0 Å². The average Bonchev–Trinajstić information content (AvgIpc) is 2.43. The van der Waals surface area contributed by atoms with Crippen LogP contribution in [0.15, 0.2) is 29.4 Å². The molecule has 0 aliphatic rings. The van der Waals surface area contributed by atoms with E-state index in [4.69, 9.17) is 14.7 Å². The number of ether oxygens (including phenoxy) is 2. The van der Waals surface area contributed by atoms with Crippen molar-refractivity contribution < 1.29 is 19.5 Å². The lowest BCUT2D eigenvalue weighted by molar-refractivity contribution is -0.139. The molecule has 5 nitrogen and oxygen atoms in total. The zero-order valence-corrected chi connectivity index (χ0v) is 12.1. The fraction of sp³-hybridized carbons (Fsp3) is 0.467. The predicted octanol–water partition coefficient (Wildman–Crippen LogP) is 2.80. The van der Waals surface area contributed by atoms with Gasteiger partial charge in [-0.1, -0.05) is 17.3 Å². The number of nitrogens with zero attached hydrogens (tertiary/aromatic N) is 1. The number of aryl methyl sites for hydroxylation is 1. The molecule has 1 rings (SSSR count). The molecule has 110 valence electrons. The van der Waals surface area contributed by atoms with E-state index in [0.717, 1.165) is 17.7 Å². The number of esters is 1. The second-order valence-electron chi connectivity index (χ2n) is 4.70. The van der Waals surface area contributed by atoms with Crippen LogP contribution >= 0.6 is 0 Å². The van der Waals surface area contributed by atoms with E-state index in [9.17, 15) is 4.79 Å². The molecule has 0 fully saturated rings. The van der Waals surface area contributed by atoms with Crippen LogP contribution in [0.5, 0.6) is 5.75 Å². The lowest BCUT2D eigenvalue weighted by Crippen LogP contribution is -2.21. The van der Waals surface area contributed by atoms with Gasteiger partial charge < -0.3 is 14.7 Å². The quantitative estimate of drug-likeness (QED) is 0.361. The highest BCUT2D eigenvalue weighted by molar-refractivity contribution is 6.36. The van der Waals surface area contributed by atoms with Crippen LogP contribution in [0.3, 0.4) is 0 Å². The Morgan fingerprint density at radius 1 is 1.30 bits per heavy atom. The summed E-state index contributed by atoms with van der Waals surface area (Å²) in [4.78, 5) is 11.6. The van der Waals surface area contributed by atoms with Crippen molar-refractivity contribution in [2.24, 2.45) is 5.16 Å². The first-order valence-corrected chi connectivity index (χ1v) is 6.61. The van der Waals surface area contributed by atoms with Crippen molar-refractivity contribution in [2.45, 2.75) is 39.2 Å². The normalized spacial score (nSPS) is 11.5. The molecule has 0 heterocycles. The van der Waals surface area contributed by atoms with Crippen molar-refractivity contribution in [1.82, 2.24) is 0 Å². The fourth-order valence-electron chi connectivity index (χ4n) is 1.73. The van der Waals surface area contributed by atoms with E-state index in [1.807, 2.05) is 24.3 Å². The highest BCUT2D eigenvalue weighted by Crippen LogP contribution is 2.13. The summed E-state index contributed by atoms with van der Waals surface area (Å²) in [7, 11) is 1.62. The third-order valence-corrected chi connectivity index (χ3v) is 2.74. The minimum Gasteiger partial charge on any atom is -0.497 e. The van der Waals surface area contributed by atoms with Gasteiger partial charge in [-0.2, -0.15) is 0 Å². The molecule has 0 spiro atoms. The molecule has 5 heteroatoms. The molecule has 0 amide bonds. The number of carbonyl (C=O) groups excluding carboxylic acids is 1. The van der Waals surface area contributed by atoms with Gasteiger partial charge in [0.15, 0.2) is 5.71 Å². The lowest BCUT2D eigenvalue weighted by Gasteiger charge is -2.09. The number of oxime groups is 1. The molecule has 1 aromatic rings. The second-order valence-corrected chi connectivity index (χ2v) is 4.70. The highest BCUT2D eigenvalue weighted by atomic mass is 16.5. The van der Waals surface area contributed by atoms with Crippen LogP contribution in [0.1, 0.15) is 32.3 Å². The van der Waals surface area contributed by atoms with Gasteiger partial charge in [-0.3, -0.25) is 0 Å². The van der Waals surface area contributed by atoms with E-state index in [2.05, 4.69) is 5.16 Å². The zero-order valence-electron chi connectivity index (χ0n) is 12.1. The number of hydrogen-bond donors (Lipinski definition) is 1. The van der Waals surface area contributed by atoms with Crippen molar-refractivity contribution >= 4 is 11.7 Å². The Bertz CT molecular complexity index is 451. The van der Waals surface area contributed by atoms with E-state index in [1.165, 1.54) is 0 Å². The Morgan fingerprint density at radius 3 is 2.45 bits per heavy atom. The van der Waals surface area contributed by atoms with Crippen molar-refractivity contribution in [3.8, 4) is 5.75 Å². The number of rotatable bonds is 7. The third-order valence-electron chi connectivity index (χ3n) is 2.74. The van der Waals surface area contributed by atoms with Crippen LogP contribution in [0, 0.1) is 0 Å². The van der Waals surface area contributed by atoms with Gasteiger partial charge in [-0.05, 0) is 44.4 Å². The summed E-state index contributed by atoms with van der Waals surface area (Å²) in [5.41, 5.74) is 1.20. The predicted molar refractivity (Wildman–Crippen MR) is 76.4 cm³/mol. The van der Waals surface area contributed by atoms with E-state index in [0.29, 0.717) is 12.8 Å². The maximum atomic E-state index is 11.6. The van der Waals surface area contributed by atoms with Gasteiger partial charge in [0.05, 0.1) is 13.2 Å². The van der Waals surface area contributed by atoms with Crippen LogP contribution in [-0.2, 0) is 16.0 Å². The lowest BCUT2D eigenvalue weighted by atomic mass is 10.1. The first kappa shape index (κ1) is 16.0. The van der Waals surface area contributed by atoms with Crippen molar-refractivity contribution in [1.29, 1.82) is 0 Å². The topological polar surface area (TPSA) is 68.1 Å². The van der Waals surface area contributed by atoms with Gasteiger partial charge in [0, 0.05) is 6.42 Å². The molecule has 1 N–H and O–H groups in total. The van der Waals surface area contributed by atoms with E-state index in [1.54, 1.807) is 21.0 Å². The van der Waals surface area contributed by atoms with E-state index >= 15 is 0 Å². The van der Waals surface area contributed by atoms with E-state index < -0.39 is 5.97 Å². The van der Waals surface area contributed by atoms with Crippen LogP contribution in [0.25, 0.3) is 0 Å². The van der Waals surface area contributed by atoms with E-state index in [-0.39, 0.29) is 11.8 Å². The molecule has 20 heavy (non-hydrogen) atoms. The smallest absolute Gasteiger partial charge is 0.356 e. The second kappa shape index (κ2) is 8.19. The Morgan fingerprint density at radius 2 is 1.95 bits per heavy atom. The number of hydrogen-bond acceptors (Lipinski definition) is 5. The molecular formula is C15H21NO4. The molecule has 0 aromatic heterocycles. The standard InChI is InChI=1S/C15H21NO4/c1-11(2)20-15(17)14(16-18)6-4-5-12-7-9-13(19-3)10-8-12/h7-11,18H,4-6H2,1-3H3. The van der Waals surface area contributed by atoms with Crippen LogP contribution in [0.2, 0.25) is 0 Å². The molecule has 0 aliphatic heterocycles. The molecule has 0 saturated heterocycles. The summed E-state index contributed by atoms with van der Waals surface area (Å²) in [5, 5.41) is 11.9. The third kappa shape index (κ3) is 5.30. The van der Waals surface area contributed by atoms with Crippen molar-refractivity contribution in [3.05, 3.63) is 29.8 Å². The maximum absolute atomic E-state index is 11.6. The number of benzene rings is 1. The Hall–Kier alpha value is -2.04. The van der Waals surface area contributed by atoms with Gasteiger partial charge in [-0.15, -0.1) is 0 Å². The fourth-order valence-corrected chi connectivity index (χ4v) is 1.73. The number of carbonyl (C=O) groups is 1. The summed E-state index contributed by atoms with van der Waals surface area (Å²) >= 11 is 0. The minimum atomic E-state index is -0.558. The molecule has 1 aromatic carbocycles. The molecule has 0 aliphatic carbocycles. The monoisotopic (exact) mass is 279 g/mol. The summed E-state index contributed by atoms with van der Waals surface area (Å²) in [6, 6.07) is 7.73. The molecule has 0 bridgehead atoms. The Labute approximate surface area is 119 Å². The van der Waals surface area contributed by atoms with Crippen molar-refractivity contribution in [3.63, 3.8) is 0 Å². The molecule has 0 radical (unpaired) electrons. The summed E-state index contributed by atoms with van der Waals surface area (Å²) < 4.78 is 10.1. The van der Waals surface area contributed by atoms with Crippen LogP contribution in [-0.4, -0.2) is 30.1 Å². The van der Waals surface area contributed by atoms with Gasteiger partial charge in [0.25, 0.3) is 0 Å². The van der Waals surface area contributed by atoms with Gasteiger partial charge in [0.2, 0.25) is 0 Å². The first-order valence-electron chi connectivity index (χ1n) is 6.61. The SMILES string of the molecule is COc1ccc(CCCC(=NO)C(=O)OC(C)C)cc1. The largest absolute Gasteiger partial charge is 0.497 e. The summed E-state index contributed by atoms with van der Waals surface area (Å²) in [6.07, 6.45) is 1.66. The minimum absolute atomic E-state index is 0.0622. The summed E-state index contributed by atoms with van der Waals surface area (Å²) in [6.45, 7) is 3.51. The average molecular weight is 279 g/mol. The highest BCUT2D eigenvalue weighted by Gasteiger charge is 2.15. The molecular weight excluding hydrogens is 258 g/mol. The number of methoxy groups -OCH3 is 1. The molecule has 0 atom stereocenters. The zero-order chi connectivity index (χ0) is 15.0. The molecule has 0 unspecified atom stereocenters. The Kier molecular flexibility index (Phi) is 6.56. The van der Waals surface area contributed by atoms with Crippen LogP contribution < -0.4 is 4.74 Å². The van der Waals surface area contributed by atoms with Crippen molar-refractivity contribution in [2.75, 3.05) is 7.11 Å². The summed E-state index contributed by atoms with van der Waals surface area (Å²) in [5.74, 6) is 0.254. The Balaban J connectivity index is 2.43. The first-order chi connectivity index (χ1) is 9.56. The van der Waals surface area contributed by atoms with Gasteiger partial charge in [-0.25, -0.2) is 4.79 Å².